The largest absolute Gasteiger partial charge is 0.443 e. The number of carbonyl (C=O) groups is 1. The fourth-order valence-electron chi connectivity index (χ4n) is 2.90. The number of carbonyl (C=O) groups excluding carboxylic acids is 1. The van der Waals surface area contributed by atoms with Crippen molar-refractivity contribution in [2.24, 2.45) is 0 Å². The highest BCUT2D eigenvalue weighted by Gasteiger charge is 2.49. The normalized spacial score (nSPS) is 31.4. The quantitative estimate of drug-likeness (QED) is 0.675. The zero-order valence-corrected chi connectivity index (χ0v) is 9.29. The average molecular weight is 227 g/mol. The van der Waals surface area contributed by atoms with Gasteiger partial charge in [-0.2, -0.15) is 0 Å². The molecule has 5 nitrogen and oxygen atoms in total. The Balaban J connectivity index is 1.66. The molecule has 0 aromatic rings. The van der Waals surface area contributed by atoms with Crippen LogP contribution in [0.4, 0.5) is 4.79 Å². The maximum atomic E-state index is 11.3. The van der Waals surface area contributed by atoms with Crippen molar-refractivity contribution in [1.29, 1.82) is 0 Å². The third kappa shape index (κ3) is 1.68. The van der Waals surface area contributed by atoms with Gasteiger partial charge < -0.3 is 19.5 Å². The summed E-state index contributed by atoms with van der Waals surface area (Å²) < 4.78 is 16.8. The maximum absolute atomic E-state index is 11.3. The zero-order valence-electron chi connectivity index (χ0n) is 9.29. The van der Waals surface area contributed by atoms with E-state index in [0.29, 0.717) is 19.8 Å². The molecule has 1 N–H and O–H groups in total. The minimum atomic E-state index is -0.372. The first kappa shape index (κ1) is 10.4. The number of hydrogen-bond acceptors (Lipinski definition) is 4. The van der Waals surface area contributed by atoms with Crippen molar-refractivity contribution in [2.45, 2.75) is 43.5 Å². The maximum Gasteiger partial charge on any atom is 0.407 e. The molecule has 5 heteroatoms. The molecule has 0 aromatic heterocycles. The minimum absolute atomic E-state index is 0.261. The van der Waals surface area contributed by atoms with Gasteiger partial charge in [-0.3, -0.25) is 0 Å². The molecule has 2 heterocycles. The van der Waals surface area contributed by atoms with E-state index < -0.39 is 0 Å². The van der Waals surface area contributed by atoms with Crippen molar-refractivity contribution in [3.63, 3.8) is 0 Å². The van der Waals surface area contributed by atoms with Crippen LogP contribution in [-0.2, 0) is 14.2 Å². The average Bonchev–Trinajstić information content (AvgIpc) is 2.73. The summed E-state index contributed by atoms with van der Waals surface area (Å²) in [5, 5.41) is 2.69. The van der Waals surface area contributed by atoms with Crippen molar-refractivity contribution in [1.82, 2.24) is 5.32 Å². The Hall–Kier alpha value is -0.810. The van der Waals surface area contributed by atoms with E-state index >= 15 is 0 Å². The molecule has 0 atom stereocenters. The lowest BCUT2D eigenvalue weighted by Gasteiger charge is -2.44. The number of alkyl carbamates (subject to hydrolysis) is 1. The second-order valence-electron chi connectivity index (χ2n) is 4.86. The van der Waals surface area contributed by atoms with Crippen LogP contribution in [0.25, 0.3) is 0 Å². The van der Waals surface area contributed by atoms with Gasteiger partial charge in [0.25, 0.3) is 0 Å². The van der Waals surface area contributed by atoms with Gasteiger partial charge >= 0.3 is 6.09 Å². The molecular formula is C11H17NO4. The number of amides is 1. The van der Waals surface area contributed by atoms with E-state index in [1.165, 1.54) is 0 Å². The molecule has 1 saturated carbocycles. The molecule has 2 aliphatic heterocycles. The van der Waals surface area contributed by atoms with Gasteiger partial charge in [0, 0.05) is 25.8 Å². The highest BCUT2D eigenvalue weighted by molar-refractivity contribution is 5.68. The first-order valence-corrected chi connectivity index (χ1v) is 5.97. The summed E-state index contributed by atoms with van der Waals surface area (Å²) in [6.07, 6.45) is 3.98. The van der Waals surface area contributed by atoms with Gasteiger partial charge in [-0.25, -0.2) is 4.79 Å². The molecule has 1 amide bonds. The topological polar surface area (TPSA) is 56.8 Å². The first-order valence-electron chi connectivity index (χ1n) is 5.97. The fraction of sp³-hybridized carbons (Fsp3) is 0.909. The molecular weight excluding hydrogens is 210 g/mol. The van der Waals surface area contributed by atoms with E-state index in [1.807, 2.05) is 0 Å². The van der Waals surface area contributed by atoms with Crippen LogP contribution in [0, 0.1) is 0 Å². The predicted octanol–water partition coefficient (Wildman–Crippen LogP) is 1.17. The van der Waals surface area contributed by atoms with E-state index in [2.05, 4.69) is 5.32 Å². The minimum Gasteiger partial charge on any atom is -0.443 e. The molecule has 0 aromatic carbocycles. The van der Waals surface area contributed by atoms with E-state index in [4.69, 9.17) is 14.2 Å². The Morgan fingerprint density at radius 1 is 1.00 bits per heavy atom. The summed E-state index contributed by atoms with van der Waals surface area (Å²) in [4.78, 5) is 11.3. The zero-order chi connectivity index (χ0) is 11.1. The smallest absolute Gasteiger partial charge is 0.407 e. The van der Waals surface area contributed by atoms with Crippen LogP contribution in [-0.4, -0.2) is 37.2 Å². The van der Waals surface area contributed by atoms with Gasteiger partial charge in [-0.15, -0.1) is 0 Å². The van der Waals surface area contributed by atoms with Gasteiger partial charge in [-0.05, 0) is 12.8 Å². The van der Waals surface area contributed by atoms with Crippen LogP contribution in [0.1, 0.15) is 32.1 Å². The van der Waals surface area contributed by atoms with Crippen LogP contribution in [0.15, 0.2) is 0 Å². The number of ether oxygens (including phenoxy) is 3. The summed E-state index contributed by atoms with van der Waals surface area (Å²) in [5.41, 5.74) is -0.261. The van der Waals surface area contributed by atoms with Gasteiger partial charge in [0.2, 0.25) is 0 Å². The first-order chi connectivity index (χ1) is 7.72. The van der Waals surface area contributed by atoms with Crippen molar-refractivity contribution < 1.29 is 19.0 Å². The Morgan fingerprint density at radius 3 is 2.31 bits per heavy atom. The summed E-state index contributed by atoms with van der Waals surface area (Å²) in [6.45, 7) is 2.09. The van der Waals surface area contributed by atoms with Crippen molar-refractivity contribution in [3.8, 4) is 0 Å². The Morgan fingerprint density at radius 2 is 1.69 bits per heavy atom. The molecule has 2 spiro atoms. The van der Waals surface area contributed by atoms with Gasteiger partial charge in [-0.1, -0.05) is 0 Å². The fourth-order valence-corrected chi connectivity index (χ4v) is 2.90. The molecule has 0 radical (unpaired) electrons. The molecule has 90 valence electrons. The Bertz CT molecular complexity index is 288. The van der Waals surface area contributed by atoms with Crippen molar-refractivity contribution in [2.75, 3.05) is 19.8 Å². The molecule has 3 aliphatic rings. The molecule has 2 saturated heterocycles. The summed E-state index contributed by atoms with van der Waals surface area (Å²) in [7, 11) is 0. The second-order valence-corrected chi connectivity index (χ2v) is 4.86. The molecule has 3 fully saturated rings. The Kier molecular flexibility index (Phi) is 2.33. The number of hydrogen-bond donors (Lipinski definition) is 1. The summed E-state index contributed by atoms with van der Waals surface area (Å²) in [5.74, 6) is -0.372. The van der Waals surface area contributed by atoms with Crippen LogP contribution in [0.5, 0.6) is 0 Å². The summed E-state index contributed by atoms with van der Waals surface area (Å²) in [6, 6.07) is 0. The van der Waals surface area contributed by atoms with Crippen molar-refractivity contribution in [3.05, 3.63) is 0 Å². The number of nitrogens with one attached hydrogen (secondary N) is 1. The standard InChI is InChI=1S/C11H17NO4/c13-9-12-6-5-10(16-9)1-3-11(4-2-10)14-7-8-15-11/h1-8H2,(H,12,13). The van der Waals surface area contributed by atoms with Gasteiger partial charge in [0.1, 0.15) is 5.60 Å². The van der Waals surface area contributed by atoms with Crippen LogP contribution < -0.4 is 5.32 Å². The van der Waals surface area contributed by atoms with Crippen LogP contribution in [0.2, 0.25) is 0 Å². The van der Waals surface area contributed by atoms with E-state index in [0.717, 1.165) is 32.1 Å². The SMILES string of the molecule is O=C1NCCC2(CCC3(CC2)OCCO3)O1. The third-order valence-corrected chi connectivity index (χ3v) is 3.90. The summed E-state index contributed by atoms with van der Waals surface area (Å²) >= 11 is 0. The molecule has 0 bridgehead atoms. The monoisotopic (exact) mass is 227 g/mol. The second kappa shape index (κ2) is 3.60. The van der Waals surface area contributed by atoms with Crippen LogP contribution >= 0.6 is 0 Å². The Labute approximate surface area is 94.4 Å². The van der Waals surface area contributed by atoms with Gasteiger partial charge in [0.15, 0.2) is 5.79 Å². The highest BCUT2D eigenvalue weighted by Crippen LogP contribution is 2.44. The lowest BCUT2D eigenvalue weighted by atomic mass is 9.78. The third-order valence-electron chi connectivity index (χ3n) is 3.90. The molecule has 16 heavy (non-hydrogen) atoms. The molecule has 0 unspecified atom stereocenters. The predicted molar refractivity (Wildman–Crippen MR) is 54.9 cm³/mol. The van der Waals surface area contributed by atoms with E-state index in [9.17, 15) is 4.79 Å². The van der Waals surface area contributed by atoms with Crippen LogP contribution in [0.3, 0.4) is 0 Å². The van der Waals surface area contributed by atoms with Gasteiger partial charge in [0.05, 0.1) is 13.2 Å². The van der Waals surface area contributed by atoms with E-state index in [1.54, 1.807) is 0 Å². The van der Waals surface area contributed by atoms with E-state index in [-0.39, 0.29) is 17.5 Å². The lowest BCUT2D eigenvalue weighted by Crippen LogP contribution is -2.52. The highest BCUT2D eigenvalue weighted by atomic mass is 16.7. The lowest BCUT2D eigenvalue weighted by molar-refractivity contribution is -0.204. The molecule has 3 rings (SSSR count). The van der Waals surface area contributed by atoms with Crippen molar-refractivity contribution >= 4 is 6.09 Å². The molecule has 1 aliphatic carbocycles. The number of rotatable bonds is 0.